The molecule has 0 radical (unpaired) electrons. The van der Waals surface area contributed by atoms with Crippen LogP contribution in [0.2, 0.25) is 0 Å². The fourth-order valence-electron chi connectivity index (χ4n) is 1.28. The van der Waals surface area contributed by atoms with E-state index in [0.717, 1.165) is 11.1 Å². The zero-order chi connectivity index (χ0) is 12.3. The Hall–Kier alpha value is -1.23. The predicted molar refractivity (Wildman–Crippen MR) is 62.2 cm³/mol. The zero-order valence-corrected chi connectivity index (χ0v) is 10.4. The molecule has 2 rings (SSSR count). The van der Waals surface area contributed by atoms with Crippen LogP contribution in [-0.4, -0.2) is 12.1 Å². The second-order valence-electron chi connectivity index (χ2n) is 2.79. The van der Waals surface area contributed by atoms with Gasteiger partial charge in [0.15, 0.2) is 11.6 Å². The third-order valence-electron chi connectivity index (χ3n) is 1.85. The van der Waals surface area contributed by atoms with E-state index in [0.29, 0.717) is 10.2 Å². The minimum absolute atomic E-state index is 0.121. The van der Waals surface area contributed by atoms with Crippen LogP contribution in [0.15, 0.2) is 6.07 Å². The Bertz CT molecular complexity index is 496. The Morgan fingerprint density at radius 1 is 1.31 bits per heavy atom. The lowest BCUT2D eigenvalue weighted by Gasteiger charge is -2.02. The maximum Gasteiger partial charge on any atom is 0.202 e. The maximum absolute atomic E-state index is 13.2. The fourth-order valence-corrected chi connectivity index (χ4v) is 2.13. The molecule has 0 amide bonds. The van der Waals surface area contributed by atoms with E-state index in [1.165, 1.54) is 18.4 Å². The molecule has 5 heteroatoms. The average Bonchev–Trinajstić information content (AvgIpc) is 2.63. The number of hydrogen-bond donors (Lipinski definition) is 0. The van der Waals surface area contributed by atoms with Crippen LogP contribution in [0.25, 0.3) is 10.2 Å². The molecule has 0 aliphatic heterocycles. The highest BCUT2D eigenvalue weighted by molar-refractivity contribution is 7.18. The van der Waals surface area contributed by atoms with E-state index in [2.05, 4.69) is 4.98 Å². The molecular formula is C11H13F2NOS. The van der Waals surface area contributed by atoms with Crippen molar-refractivity contribution in [1.82, 2.24) is 4.98 Å². The fraction of sp³-hybridized carbons (Fsp3) is 0.364. The van der Waals surface area contributed by atoms with Gasteiger partial charge in [-0.3, -0.25) is 0 Å². The number of aromatic nitrogens is 1. The molecule has 0 bridgehead atoms. The van der Waals surface area contributed by atoms with E-state index in [1.807, 2.05) is 13.8 Å². The number of nitrogens with zero attached hydrogens (tertiary/aromatic N) is 1. The van der Waals surface area contributed by atoms with Crippen LogP contribution in [0.4, 0.5) is 8.78 Å². The van der Waals surface area contributed by atoms with Gasteiger partial charge in [-0.25, -0.2) is 9.37 Å². The van der Waals surface area contributed by atoms with Gasteiger partial charge in [0, 0.05) is 0 Å². The summed E-state index contributed by atoms with van der Waals surface area (Å²) in [4.78, 5) is 4.07. The van der Waals surface area contributed by atoms with Gasteiger partial charge < -0.3 is 4.74 Å². The third kappa shape index (κ3) is 2.14. The number of halogens is 2. The molecule has 1 aromatic carbocycles. The lowest BCUT2D eigenvalue weighted by atomic mass is 10.3. The molecule has 0 saturated carbocycles. The van der Waals surface area contributed by atoms with Crippen LogP contribution in [-0.2, 0) is 0 Å². The minimum atomic E-state index is -0.981. The molecule has 0 unspecified atom stereocenters. The summed E-state index contributed by atoms with van der Waals surface area (Å²) in [5, 5.41) is 0.753. The molecule has 2 nitrogen and oxygen atoms in total. The Labute approximate surface area is 96.9 Å². The topological polar surface area (TPSA) is 22.1 Å². The molecule has 0 atom stereocenters. The number of ether oxygens (including phenoxy) is 1. The number of benzene rings is 1. The molecular weight excluding hydrogens is 232 g/mol. The van der Waals surface area contributed by atoms with Gasteiger partial charge in [0.2, 0.25) is 5.82 Å². The molecule has 0 aliphatic rings. The number of methoxy groups -OCH3 is 1. The Kier molecular flexibility index (Phi) is 4.18. The monoisotopic (exact) mass is 245 g/mol. The summed E-state index contributed by atoms with van der Waals surface area (Å²) in [6.07, 6.45) is 0. The van der Waals surface area contributed by atoms with Crippen molar-refractivity contribution in [2.45, 2.75) is 20.8 Å². The van der Waals surface area contributed by atoms with Crippen molar-refractivity contribution in [3.63, 3.8) is 0 Å². The van der Waals surface area contributed by atoms with Crippen LogP contribution in [0.3, 0.4) is 0 Å². The van der Waals surface area contributed by atoms with Crippen LogP contribution in [0, 0.1) is 18.6 Å². The predicted octanol–water partition coefficient (Wildman–Crippen LogP) is 3.92. The SMILES string of the molecule is CC.COc1c(F)c(F)cc2sc(C)nc12. The molecule has 1 heterocycles. The van der Waals surface area contributed by atoms with E-state index in [9.17, 15) is 8.78 Å². The highest BCUT2D eigenvalue weighted by Crippen LogP contribution is 2.33. The van der Waals surface area contributed by atoms with Gasteiger partial charge in [0.1, 0.15) is 5.52 Å². The van der Waals surface area contributed by atoms with Crippen molar-refractivity contribution in [2.75, 3.05) is 7.11 Å². The van der Waals surface area contributed by atoms with Crippen LogP contribution < -0.4 is 4.74 Å². The summed E-state index contributed by atoms with van der Waals surface area (Å²) in [6.45, 7) is 5.78. The maximum atomic E-state index is 13.2. The van der Waals surface area contributed by atoms with E-state index in [-0.39, 0.29) is 5.75 Å². The van der Waals surface area contributed by atoms with Gasteiger partial charge in [-0.15, -0.1) is 11.3 Å². The van der Waals surface area contributed by atoms with E-state index >= 15 is 0 Å². The van der Waals surface area contributed by atoms with E-state index in [4.69, 9.17) is 4.74 Å². The largest absolute Gasteiger partial charge is 0.491 e. The minimum Gasteiger partial charge on any atom is -0.491 e. The highest BCUT2D eigenvalue weighted by atomic mass is 32.1. The normalized spacial score (nSPS) is 9.88. The summed E-state index contributed by atoms with van der Waals surface area (Å²) in [7, 11) is 1.30. The summed E-state index contributed by atoms with van der Waals surface area (Å²) < 4.78 is 31.6. The summed E-state index contributed by atoms with van der Waals surface area (Å²) in [5.74, 6) is -2.01. The standard InChI is InChI=1S/C9H7F2NOS.C2H6/c1-4-12-8-6(14-4)3-5(10)7(11)9(8)13-2;1-2/h3H,1-2H3;1-2H3. The quantitative estimate of drug-likeness (QED) is 0.759. The van der Waals surface area contributed by atoms with E-state index < -0.39 is 11.6 Å². The van der Waals surface area contributed by atoms with Crippen molar-refractivity contribution in [3.8, 4) is 5.75 Å². The summed E-state index contributed by atoms with van der Waals surface area (Å²) in [5.41, 5.74) is 0.383. The lowest BCUT2D eigenvalue weighted by molar-refractivity contribution is 0.376. The van der Waals surface area contributed by atoms with Gasteiger partial charge in [-0.1, -0.05) is 13.8 Å². The molecule has 0 fully saturated rings. The van der Waals surface area contributed by atoms with Gasteiger partial charge in [0.05, 0.1) is 16.8 Å². The molecule has 2 aromatic rings. The van der Waals surface area contributed by atoms with Gasteiger partial charge >= 0.3 is 0 Å². The summed E-state index contributed by atoms with van der Waals surface area (Å²) >= 11 is 1.31. The van der Waals surface area contributed by atoms with Crippen LogP contribution in [0.1, 0.15) is 18.9 Å². The first-order valence-corrected chi connectivity index (χ1v) is 5.74. The number of fused-ring (bicyclic) bond motifs is 1. The molecule has 0 aliphatic carbocycles. The Balaban J connectivity index is 0.000000606. The molecule has 0 spiro atoms. The second-order valence-corrected chi connectivity index (χ2v) is 4.02. The van der Waals surface area contributed by atoms with Gasteiger partial charge in [-0.05, 0) is 13.0 Å². The lowest BCUT2D eigenvalue weighted by Crippen LogP contribution is -1.93. The average molecular weight is 245 g/mol. The number of thiazole rings is 1. The first kappa shape index (κ1) is 12.8. The van der Waals surface area contributed by atoms with Gasteiger partial charge in [0.25, 0.3) is 0 Å². The molecule has 16 heavy (non-hydrogen) atoms. The van der Waals surface area contributed by atoms with Crippen LogP contribution in [0.5, 0.6) is 5.75 Å². The Morgan fingerprint density at radius 3 is 2.50 bits per heavy atom. The van der Waals surface area contributed by atoms with Crippen LogP contribution >= 0.6 is 11.3 Å². The van der Waals surface area contributed by atoms with E-state index in [1.54, 1.807) is 6.92 Å². The number of rotatable bonds is 1. The molecule has 0 saturated heterocycles. The van der Waals surface area contributed by atoms with Crippen molar-refractivity contribution in [2.24, 2.45) is 0 Å². The van der Waals surface area contributed by atoms with Crippen molar-refractivity contribution in [3.05, 3.63) is 22.7 Å². The first-order valence-electron chi connectivity index (χ1n) is 4.92. The zero-order valence-electron chi connectivity index (χ0n) is 9.60. The second kappa shape index (κ2) is 5.21. The Morgan fingerprint density at radius 2 is 1.94 bits per heavy atom. The van der Waals surface area contributed by atoms with Crippen molar-refractivity contribution < 1.29 is 13.5 Å². The molecule has 88 valence electrons. The smallest absolute Gasteiger partial charge is 0.202 e. The third-order valence-corrected chi connectivity index (χ3v) is 2.76. The first-order chi connectivity index (χ1) is 7.63. The molecule has 1 aromatic heterocycles. The summed E-state index contributed by atoms with van der Waals surface area (Å²) in [6, 6.07) is 1.14. The number of hydrogen-bond acceptors (Lipinski definition) is 3. The van der Waals surface area contributed by atoms with Crippen molar-refractivity contribution in [1.29, 1.82) is 0 Å². The van der Waals surface area contributed by atoms with Crippen molar-refractivity contribution >= 4 is 21.6 Å². The highest BCUT2D eigenvalue weighted by Gasteiger charge is 2.16. The molecule has 0 N–H and O–H groups in total. The number of aryl methyl sites for hydroxylation is 1. The van der Waals surface area contributed by atoms with Gasteiger partial charge in [-0.2, -0.15) is 4.39 Å².